The molecule has 0 radical (unpaired) electrons. The first-order valence-electron chi connectivity index (χ1n) is 7.41. The number of nitrogens with zero attached hydrogens (tertiary/aromatic N) is 4. The van der Waals surface area contributed by atoms with Gasteiger partial charge in [-0.25, -0.2) is 0 Å². The molecule has 1 aromatic heterocycles. The van der Waals surface area contributed by atoms with Crippen molar-refractivity contribution in [3.05, 3.63) is 57.5 Å². The Balaban J connectivity index is 1.72. The van der Waals surface area contributed by atoms with Gasteiger partial charge in [0.25, 0.3) is 0 Å². The first-order valence-corrected chi connectivity index (χ1v) is 9.42. The van der Waals surface area contributed by atoms with Gasteiger partial charge in [-0.1, -0.05) is 46.6 Å². The van der Waals surface area contributed by atoms with Gasteiger partial charge in [0.1, 0.15) is 0 Å². The Morgan fingerprint density at radius 2 is 1.81 bits per heavy atom. The van der Waals surface area contributed by atoms with Gasteiger partial charge in [-0.2, -0.15) is 4.68 Å². The molecule has 0 saturated heterocycles. The number of thioether (sulfide) groups is 1. The molecule has 1 amide bonds. The van der Waals surface area contributed by atoms with E-state index < -0.39 is 5.25 Å². The summed E-state index contributed by atoms with van der Waals surface area (Å²) in [5.74, 6) is -0.232. The highest BCUT2D eigenvalue weighted by Gasteiger charge is 2.20. The fourth-order valence-corrected chi connectivity index (χ4v) is 3.42. The van der Waals surface area contributed by atoms with E-state index in [2.05, 4.69) is 20.8 Å². The third-order valence-electron chi connectivity index (χ3n) is 3.35. The summed E-state index contributed by atoms with van der Waals surface area (Å²) in [6, 6.07) is 11.9. The summed E-state index contributed by atoms with van der Waals surface area (Å²) >= 11 is 19.1. The van der Waals surface area contributed by atoms with E-state index >= 15 is 0 Å². The van der Waals surface area contributed by atoms with Gasteiger partial charge in [0.15, 0.2) is 0 Å². The zero-order chi connectivity index (χ0) is 18.7. The molecule has 3 aromatic rings. The summed E-state index contributed by atoms with van der Waals surface area (Å²) in [6.07, 6.45) is 0. The number of carbonyl (C=O) groups is 1. The highest BCUT2D eigenvalue weighted by molar-refractivity contribution is 8.00. The van der Waals surface area contributed by atoms with E-state index in [1.165, 1.54) is 11.8 Å². The molecule has 0 spiro atoms. The van der Waals surface area contributed by atoms with Crippen LogP contribution in [-0.4, -0.2) is 31.4 Å². The van der Waals surface area contributed by atoms with Gasteiger partial charge in [-0.15, -0.1) is 5.10 Å². The van der Waals surface area contributed by atoms with E-state index in [1.54, 1.807) is 54.1 Å². The number of anilines is 1. The molecule has 0 bridgehead atoms. The third-order valence-corrected chi connectivity index (χ3v) is 5.19. The number of rotatable bonds is 5. The molecule has 2 aromatic carbocycles. The van der Waals surface area contributed by atoms with Crippen molar-refractivity contribution in [1.29, 1.82) is 0 Å². The summed E-state index contributed by atoms with van der Waals surface area (Å²) < 4.78 is 1.54. The predicted molar refractivity (Wildman–Crippen MR) is 105 cm³/mol. The fourth-order valence-electron chi connectivity index (χ4n) is 2.03. The van der Waals surface area contributed by atoms with Gasteiger partial charge in [0.2, 0.25) is 11.1 Å². The van der Waals surface area contributed by atoms with Crippen LogP contribution < -0.4 is 5.32 Å². The van der Waals surface area contributed by atoms with Crippen molar-refractivity contribution in [3.63, 3.8) is 0 Å². The lowest BCUT2D eigenvalue weighted by atomic mass is 10.3. The molecule has 1 heterocycles. The van der Waals surface area contributed by atoms with Gasteiger partial charge >= 0.3 is 0 Å². The smallest absolute Gasteiger partial charge is 0.237 e. The van der Waals surface area contributed by atoms with E-state index in [1.807, 2.05) is 0 Å². The lowest BCUT2D eigenvalue weighted by molar-refractivity contribution is -0.115. The van der Waals surface area contributed by atoms with Crippen molar-refractivity contribution in [2.75, 3.05) is 5.32 Å². The molecule has 0 aliphatic carbocycles. The largest absolute Gasteiger partial charge is 0.324 e. The topological polar surface area (TPSA) is 72.7 Å². The van der Waals surface area contributed by atoms with Crippen molar-refractivity contribution in [3.8, 4) is 5.69 Å². The number of hydrogen-bond donors (Lipinski definition) is 1. The van der Waals surface area contributed by atoms with Crippen LogP contribution in [0.25, 0.3) is 5.69 Å². The molecule has 10 heteroatoms. The van der Waals surface area contributed by atoms with Gasteiger partial charge in [0.05, 0.1) is 21.6 Å². The Morgan fingerprint density at radius 3 is 2.50 bits per heavy atom. The van der Waals surface area contributed by atoms with Crippen LogP contribution in [0.5, 0.6) is 0 Å². The van der Waals surface area contributed by atoms with Crippen LogP contribution in [0.2, 0.25) is 15.1 Å². The second kappa shape index (κ2) is 8.26. The van der Waals surface area contributed by atoms with Gasteiger partial charge in [0, 0.05) is 10.0 Å². The van der Waals surface area contributed by atoms with Crippen LogP contribution in [0.15, 0.2) is 47.6 Å². The van der Waals surface area contributed by atoms with Crippen LogP contribution in [0.3, 0.4) is 0 Å². The van der Waals surface area contributed by atoms with E-state index in [0.29, 0.717) is 25.9 Å². The van der Waals surface area contributed by atoms with Crippen LogP contribution in [0.4, 0.5) is 5.69 Å². The zero-order valence-electron chi connectivity index (χ0n) is 13.4. The van der Waals surface area contributed by atoms with Crippen LogP contribution in [-0.2, 0) is 4.79 Å². The number of aromatic nitrogens is 4. The van der Waals surface area contributed by atoms with Gasteiger partial charge in [-0.3, -0.25) is 4.79 Å². The summed E-state index contributed by atoms with van der Waals surface area (Å²) in [7, 11) is 0. The van der Waals surface area contributed by atoms with Crippen molar-refractivity contribution < 1.29 is 4.79 Å². The molecule has 0 fully saturated rings. The molecule has 0 aliphatic heterocycles. The average Bonchev–Trinajstić information content (AvgIpc) is 3.06. The lowest BCUT2D eigenvalue weighted by Gasteiger charge is -2.12. The number of halogens is 3. The molecule has 134 valence electrons. The summed E-state index contributed by atoms with van der Waals surface area (Å²) in [4.78, 5) is 12.4. The van der Waals surface area contributed by atoms with Crippen LogP contribution in [0.1, 0.15) is 6.92 Å². The quantitative estimate of drug-likeness (QED) is 0.594. The molecule has 0 saturated carbocycles. The minimum absolute atomic E-state index is 0.232. The maximum atomic E-state index is 12.4. The lowest BCUT2D eigenvalue weighted by Crippen LogP contribution is -2.23. The highest BCUT2D eigenvalue weighted by atomic mass is 35.5. The van der Waals surface area contributed by atoms with E-state index in [0.717, 1.165) is 5.69 Å². The Labute approximate surface area is 168 Å². The molecule has 1 unspecified atom stereocenters. The molecular weight excluding hydrogens is 417 g/mol. The number of carbonyl (C=O) groups excluding carboxylic acids is 1. The van der Waals surface area contributed by atoms with Crippen LogP contribution in [0, 0.1) is 0 Å². The number of benzene rings is 2. The zero-order valence-corrected chi connectivity index (χ0v) is 16.4. The number of nitrogens with one attached hydrogen (secondary N) is 1. The van der Waals surface area contributed by atoms with Crippen molar-refractivity contribution >= 4 is 58.2 Å². The summed E-state index contributed by atoms with van der Waals surface area (Å²) in [6.45, 7) is 1.75. The van der Waals surface area contributed by atoms with Crippen molar-refractivity contribution in [2.24, 2.45) is 0 Å². The predicted octanol–water partition coefficient (Wildman–Crippen LogP) is 4.74. The first-order chi connectivity index (χ1) is 12.4. The molecular formula is C16H12Cl3N5OS. The number of amides is 1. The SMILES string of the molecule is CC(Sc1nnnn1-c1ccc(Cl)cc1)C(=O)Nc1ccc(Cl)cc1Cl. The standard InChI is InChI=1S/C16H12Cl3N5OS/c1-9(15(25)20-14-7-4-11(18)8-13(14)19)26-16-21-22-23-24(16)12-5-2-10(17)3-6-12/h2-9H,1H3,(H,20,25). The second-order valence-corrected chi connectivity index (χ2v) is 7.81. The molecule has 6 nitrogen and oxygen atoms in total. The summed E-state index contributed by atoms with van der Waals surface area (Å²) in [5.41, 5.74) is 1.24. The Kier molecular flexibility index (Phi) is 6.03. The summed E-state index contributed by atoms with van der Waals surface area (Å²) in [5, 5.41) is 15.9. The molecule has 1 atom stereocenters. The highest BCUT2D eigenvalue weighted by Crippen LogP contribution is 2.28. The Bertz CT molecular complexity index is 932. The minimum atomic E-state index is -0.459. The van der Waals surface area contributed by atoms with E-state index in [-0.39, 0.29) is 5.91 Å². The van der Waals surface area contributed by atoms with Gasteiger partial charge in [-0.05, 0) is 59.8 Å². The number of tetrazole rings is 1. The monoisotopic (exact) mass is 427 g/mol. The third kappa shape index (κ3) is 4.48. The first kappa shape index (κ1) is 19.0. The Hall–Kier alpha value is -1.80. The minimum Gasteiger partial charge on any atom is -0.324 e. The van der Waals surface area contributed by atoms with Crippen molar-refractivity contribution in [2.45, 2.75) is 17.3 Å². The molecule has 26 heavy (non-hydrogen) atoms. The fraction of sp³-hybridized carbons (Fsp3) is 0.125. The maximum Gasteiger partial charge on any atom is 0.237 e. The average molecular weight is 429 g/mol. The maximum absolute atomic E-state index is 12.4. The molecule has 1 N–H and O–H groups in total. The number of hydrogen-bond acceptors (Lipinski definition) is 5. The van der Waals surface area contributed by atoms with E-state index in [9.17, 15) is 4.79 Å². The van der Waals surface area contributed by atoms with E-state index in [4.69, 9.17) is 34.8 Å². The molecule has 3 rings (SSSR count). The normalized spacial score (nSPS) is 12.0. The van der Waals surface area contributed by atoms with Crippen LogP contribution >= 0.6 is 46.6 Å². The van der Waals surface area contributed by atoms with Gasteiger partial charge < -0.3 is 5.32 Å². The molecule has 0 aliphatic rings. The second-order valence-electron chi connectivity index (χ2n) is 5.22. The van der Waals surface area contributed by atoms with Crippen molar-refractivity contribution in [1.82, 2.24) is 20.2 Å². The Morgan fingerprint density at radius 1 is 1.12 bits per heavy atom.